The second-order valence-electron chi connectivity index (χ2n) is 7.17. The smallest absolute Gasteiger partial charge is 0.320 e. The molecular weight excluding hydrogens is 423 g/mol. The molecule has 1 N–H and O–H groups in total. The first-order valence-electron chi connectivity index (χ1n) is 10.1. The topological polar surface area (TPSA) is 60.9 Å². The van der Waals surface area contributed by atoms with Crippen molar-refractivity contribution < 1.29 is 14.7 Å². The van der Waals surface area contributed by atoms with Gasteiger partial charge in [-0.05, 0) is 35.7 Å². The fourth-order valence-corrected chi connectivity index (χ4v) is 3.99. The van der Waals surface area contributed by atoms with Gasteiger partial charge in [0, 0.05) is 42.1 Å². The van der Waals surface area contributed by atoms with Crippen LogP contribution < -0.4 is 0 Å². The predicted octanol–water partition coefficient (Wildman–Crippen LogP) is 5.86. The third kappa shape index (κ3) is 6.38. The summed E-state index contributed by atoms with van der Waals surface area (Å²) in [5.41, 5.74) is 2.94. The van der Waals surface area contributed by atoms with E-state index in [0.29, 0.717) is 36.2 Å². The molecular formula is C23H28Cl2N2O3. The zero-order valence-electron chi connectivity index (χ0n) is 17.6. The van der Waals surface area contributed by atoms with Gasteiger partial charge < -0.3 is 14.9 Å². The fourth-order valence-electron chi connectivity index (χ4n) is 3.53. The number of amides is 2. The quantitative estimate of drug-likeness (QED) is 0.599. The Morgan fingerprint density at radius 1 is 1.03 bits per heavy atom. The Bertz CT molecular complexity index is 889. The monoisotopic (exact) mass is 450 g/mol. The molecule has 162 valence electrons. The van der Waals surface area contributed by atoms with Crippen LogP contribution in [0.5, 0.6) is 0 Å². The predicted molar refractivity (Wildman–Crippen MR) is 121 cm³/mol. The number of benzene rings is 2. The molecule has 2 aromatic rings. The first kappa shape index (κ1) is 24.0. The third-order valence-electron chi connectivity index (χ3n) is 4.96. The average Bonchev–Trinajstić information content (AvgIpc) is 2.70. The number of hydrogen-bond acceptors (Lipinski definition) is 2. The van der Waals surface area contributed by atoms with Crippen LogP contribution in [0.15, 0.2) is 42.5 Å². The minimum absolute atomic E-state index is 0.0163. The lowest BCUT2D eigenvalue weighted by Crippen LogP contribution is -2.53. The van der Waals surface area contributed by atoms with Gasteiger partial charge in [-0.25, -0.2) is 4.79 Å². The number of carboxylic acid groups (broad SMARTS) is 1. The Kier molecular flexibility index (Phi) is 9.00. The molecule has 0 spiro atoms. The lowest BCUT2D eigenvalue weighted by molar-refractivity contribution is -0.138. The molecule has 2 aromatic carbocycles. The van der Waals surface area contributed by atoms with Crippen LogP contribution in [0.3, 0.4) is 0 Å². The summed E-state index contributed by atoms with van der Waals surface area (Å²) in [6, 6.07) is 13.0. The van der Waals surface area contributed by atoms with Gasteiger partial charge in [-0.1, -0.05) is 67.4 Å². The summed E-state index contributed by atoms with van der Waals surface area (Å²) >= 11 is 12.2. The zero-order valence-corrected chi connectivity index (χ0v) is 19.1. The van der Waals surface area contributed by atoms with Gasteiger partial charge in [-0.2, -0.15) is 0 Å². The van der Waals surface area contributed by atoms with E-state index in [2.05, 4.69) is 0 Å². The molecule has 2 amide bonds. The molecule has 0 aromatic heterocycles. The molecule has 1 saturated heterocycles. The Hall–Kier alpha value is -2.24. The highest BCUT2D eigenvalue weighted by molar-refractivity contribution is 6.35. The number of halogens is 2. The van der Waals surface area contributed by atoms with E-state index in [1.165, 1.54) is 0 Å². The van der Waals surface area contributed by atoms with Gasteiger partial charge in [-0.3, -0.25) is 4.79 Å². The molecule has 5 nitrogen and oxygen atoms in total. The van der Waals surface area contributed by atoms with Gasteiger partial charge in [0.2, 0.25) is 0 Å². The Morgan fingerprint density at radius 3 is 2.20 bits per heavy atom. The highest BCUT2D eigenvalue weighted by Crippen LogP contribution is 2.26. The lowest BCUT2D eigenvalue weighted by Gasteiger charge is -2.40. The van der Waals surface area contributed by atoms with E-state index >= 15 is 0 Å². The maximum Gasteiger partial charge on any atom is 0.320 e. The first-order valence-corrected chi connectivity index (χ1v) is 10.8. The van der Waals surface area contributed by atoms with Gasteiger partial charge in [0.1, 0.15) is 0 Å². The zero-order chi connectivity index (χ0) is 22.3. The molecule has 1 unspecified atom stereocenters. The van der Waals surface area contributed by atoms with Gasteiger partial charge >= 0.3 is 12.0 Å². The molecule has 0 saturated carbocycles. The number of carbonyl (C=O) groups excluding carboxylic acids is 1. The standard InChI is InChI=1S/C21H22Cl2N2O3.C2H6/c1-14-4-2-3-5-16(14)12-24-10-15(8-20(26)27)11-25(21(24)28)13-17-6-7-18(22)9-19(17)23;1-2/h2-7,9,15H,8,10-13H2,1H3,(H,26,27);1-2H3. The molecule has 1 fully saturated rings. The van der Waals surface area contributed by atoms with Crippen LogP contribution in [-0.4, -0.2) is 40.0 Å². The largest absolute Gasteiger partial charge is 0.481 e. The van der Waals surface area contributed by atoms with Crippen LogP contribution >= 0.6 is 23.2 Å². The van der Waals surface area contributed by atoms with E-state index < -0.39 is 5.97 Å². The summed E-state index contributed by atoms with van der Waals surface area (Å²) in [6.45, 7) is 7.57. The second kappa shape index (κ2) is 11.2. The molecule has 0 bridgehead atoms. The second-order valence-corrected chi connectivity index (χ2v) is 8.01. The minimum atomic E-state index is -0.861. The maximum absolute atomic E-state index is 13.1. The van der Waals surface area contributed by atoms with Crippen molar-refractivity contribution in [2.24, 2.45) is 5.92 Å². The van der Waals surface area contributed by atoms with Crippen molar-refractivity contribution in [3.05, 3.63) is 69.2 Å². The lowest BCUT2D eigenvalue weighted by atomic mass is 10.00. The molecule has 0 radical (unpaired) electrons. The number of hydrogen-bond donors (Lipinski definition) is 1. The summed E-state index contributed by atoms with van der Waals surface area (Å²) in [7, 11) is 0. The van der Waals surface area contributed by atoms with Gasteiger partial charge in [0.15, 0.2) is 0 Å². The Morgan fingerprint density at radius 2 is 1.63 bits per heavy atom. The molecule has 3 rings (SSSR count). The van der Waals surface area contributed by atoms with Crippen molar-refractivity contribution in [2.75, 3.05) is 13.1 Å². The SMILES string of the molecule is CC.Cc1ccccc1CN1CC(CC(=O)O)CN(Cc2ccc(Cl)cc2Cl)C1=O. The Labute approximate surface area is 188 Å². The molecule has 30 heavy (non-hydrogen) atoms. The van der Waals surface area contributed by atoms with E-state index in [1.807, 2.05) is 45.0 Å². The van der Waals surface area contributed by atoms with Crippen molar-refractivity contribution in [3.8, 4) is 0 Å². The molecule has 1 heterocycles. The van der Waals surface area contributed by atoms with Crippen LogP contribution in [0.1, 0.15) is 37.0 Å². The average molecular weight is 451 g/mol. The van der Waals surface area contributed by atoms with Crippen molar-refractivity contribution in [1.29, 1.82) is 0 Å². The highest BCUT2D eigenvalue weighted by atomic mass is 35.5. The molecule has 1 aliphatic heterocycles. The maximum atomic E-state index is 13.1. The van der Waals surface area contributed by atoms with Crippen LogP contribution in [0.4, 0.5) is 4.79 Å². The summed E-state index contributed by atoms with van der Waals surface area (Å²) in [5, 5.41) is 10.3. The number of carboxylic acids is 1. The highest BCUT2D eigenvalue weighted by Gasteiger charge is 2.33. The number of aryl methyl sites for hydroxylation is 1. The number of carbonyl (C=O) groups is 2. The summed E-state index contributed by atoms with van der Waals surface area (Å²) < 4.78 is 0. The number of aliphatic carboxylic acids is 1. The number of nitrogens with zero attached hydrogens (tertiary/aromatic N) is 2. The normalized spacial score (nSPS) is 16.2. The van der Waals surface area contributed by atoms with Gasteiger partial charge in [0.25, 0.3) is 0 Å². The molecule has 0 aliphatic carbocycles. The van der Waals surface area contributed by atoms with Crippen molar-refractivity contribution >= 4 is 35.2 Å². The van der Waals surface area contributed by atoms with Gasteiger partial charge in [-0.15, -0.1) is 0 Å². The summed E-state index contributed by atoms with van der Waals surface area (Å²) in [4.78, 5) is 27.8. The Balaban J connectivity index is 0.00000155. The minimum Gasteiger partial charge on any atom is -0.481 e. The van der Waals surface area contributed by atoms with Crippen LogP contribution in [0.25, 0.3) is 0 Å². The van der Waals surface area contributed by atoms with E-state index in [1.54, 1.807) is 28.0 Å². The van der Waals surface area contributed by atoms with Gasteiger partial charge in [0.05, 0.1) is 6.42 Å². The van der Waals surface area contributed by atoms with Crippen LogP contribution in [0, 0.1) is 12.8 Å². The fraction of sp³-hybridized carbons (Fsp3) is 0.391. The van der Waals surface area contributed by atoms with Crippen LogP contribution in [-0.2, 0) is 17.9 Å². The number of urea groups is 1. The summed E-state index contributed by atoms with van der Waals surface area (Å²) in [5.74, 6) is -1.01. The van der Waals surface area contributed by atoms with E-state index in [-0.39, 0.29) is 18.4 Å². The number of rotatable bonds is 6. The van der Waals surface area contributed by atoms with Crippen molar-refractivity contribution in [3.63, 3.8) is 0 Å². The van der Waals surface area contributed by atoms with Crippen LogP contribution in [0.2, 0.25) is 10.0 Å². The molecule has 1 atom stereocenters. The van der Waals surface area contributed by atoms with E-state index in [4.69, 9.17) is 23.2 Å². The summed E-state index contributed by atoms with van der Waals surface area (Å²) in [6.07, 6.45) is 0.0163. The van der Waals surface area contributed by atoms with E-state index in [9.17, 15) is 14.7 Å². The van der Waals surface area contributed by atoms with Crippen molar-refractivity contribution in [1.82, 2.24) is 9.80 Å². The van der Waals surface area contributed by atoms with Crippen molar-refractivity contribution in [2.45, 2.75) is 40.3 Å². The van der Waals surface area contributed by atoms with E-state index in [0.717, 1.165) is 16.7 Å². The first-order chi connectivity index (χ1) is 14.3. The third-order valence-corrected chi connectivity index (χ3v) is 5.55. The molecule has 1 aliphatic rings. The molecule has 7 heteroatoms.